The molecule has 1 aromatic rings. The molecule has 0 saturated heterocycles. The number of ether oxygens (including phenoxy) is 2. The molecule has 92 valence electrons. The van der Waals surface area contributed by atoms with Crippen LogP contribution in [0.25, 0.3) is 0 Å². The summed E-state index contributed by atoms with van der Waals surface area (Å²) >= 11 is 0. The molecule has 0 radical (unpaired) electrons. The van der Waals surface area contributed by atoms with Crippen LogP contribution in [-0.2, 0) is 9.53 Å². The van der Waals surface area contributed by atoms with Crippen molar-refractivity contribution in [1.29, 1.82) is 0 Å². The lowest BCUT2D eigenvalue weighted by Crippen LogP contribution is -2.32. The maximum absolute atomic E-state index is 11.4. The highest BCUT2D eigenvalue weighted by molar-refractivity contribution is 5.79. The van der Waals surface area contributed by atoms with Gasteiger partial charge < -0.3 is 9.47 Å². The first-order valence-corrected chi connectivity index (χ1v) is 5.26. The minimum Gasteiger partial charge on any atom is -0.492 e. The summed E-state index contributed by atoms with van der Waals surface area (Å²) in [5, 5.41) is 0. The number of hydrogen-bond acceptors (Lipinski definition) is 4. The van der Waals surface area contributed by atoms with Gasteiger partial charge in [0.05, 0.1) is 18.1 Å². The Hall–Kier alpha value is -1.84. The van der Waals surface area contributed by atoms with Crippen molar-refractivity contribution in [3.63, 3.8) is 0 Å². The Balaban J connectivity index is 2.73. The predicted molar refractivity (Wildman–Crippen MR) is 63.1 cm³/mol. The van der Waals surface area contributed by atoms with Gasteiger partial charge in [-0.05, 0) is 26.0 Å². The van der Waals surface area contributed by atoms with Gasteiger partial charge in [-0.1, -0.05) is 12.1 Å². The highest BCUT2D eigenvalue weighted by Gasteiger charge is 2.29. The van der Waals surface area contributed by atoms with Crippen LogP contribution in [0.5, 0.6) is 5.75 Å². The molecule has 0 N–H and O–H groups in total. The zero-order valence-electron chi connectivity index (χ0n) is 10.2. The van der Waals surface area contributed by atoms with E-state index in [-0.39, 0.29) is 12.6 Å². The van der Waals surface area contributed by atoms with Gasteiger partial charge in [0.15, 0.2) is 6.29 Å². The van der Waals surface area contributed by atoms with Crippen LogP contribution < -0.4 is 4.74 Å². The highest BCUT2D eigenvalue weighted by atomic mass is 16.5. The van der Waals surface area contributed by atoms with Crippen LogP contribution in [0, 0.1) is 5.41 Å². The Kier molecular flexibility index (Phi) is 4.26. The molecule has 0 aliphatic carbocycles. The van der Waals surface area contributed by atoms with Gasteiger partial charge >= 0.3 is 5.97 Å². The predicted octanol–water partition coefficient (Wildman–Crippen LogP) is 2.08. The number of rotatable bonds is 5. The van der Waals surface area contributed by atoms with Crippen molar-refractivity contribution < 1.29 is 19.1 Å². The van der Waals surface area contributed by atoms with Crippen molar-refractivity contribution in [3.8, 4) is 5.75 Å². The monoisotopic (exact) mass is 236 g/mol. The van der Waals surface area contributed by atoms with E-state index >= 15 is 0 Å². The van der Waals surface area contributed by atoms with Crippen LogP contribution in [0.1, 0.15) is 24.2 Å². The smallest absolute Gasteiger partial charge is 0.314 e. The van der Waals surface area contributed by atoms with Gasteiger partial charge in [0.1, 0.15) is 12.4 Å². The van der Waals surface area contributed by atoms with E-state index in [0.717, 1.165) is 6.29 Å². The number of esters is 1. The second kappa shape index (κ2) is 5.48. The number of carbonyl (C=O) groups is 2. The van der Waals surface area contributed by atoms with Gasteiger partial charge in [0, 0.05) is 0 Å². The summed E-state index contributed by atoms with van der Waals surface area (Å²) in [5.41, 5.74) is -0.279. The van der Waals surface area contributed by atoms with Gasteiger partial charge in [-0.25, -0.2) is 0 Å². The second-order valence-electron chi connectivity index (χ2n) is 4.32. The molecule has 1 aromatic carbocycles. The number of carbonyl (C=O) groups excluding carboxylic acids is 2. The van der Waals surface area contributed by atoms with Crippen molar-refractivity contribution in [2.75, 3.05) is 13.7 Å². The molecule has 1 rings (SSSR count). The molecule has 17 heavy (non-hydrogen) atoms. The van der Waals surface area contributed by atoms with E-state index in [1.165, 1.54) is 7.11 Å². The van der Waals surface area contributed by atoms with Crippen molar-refractivity contribution in [1.82, 2.24) is 0 Å². The van der Waals surface area contributed by atoms with E-state index in [1.54, 1.807) is 38.1 Å². The van der Waals surface area contributed by atoms with E-state index < -0.39 is 5.41 Å². The molecule has 0 spiro atoms. The molecule has 4 nitrogen and oxygen atoms in total. The molecule has 0 heterocycles. The molecule has 0 fully saturated rings. The van der Waals surface area contributed by atoms with Crippen molar-refractivity contribution in [2.45, 2.75) is 13.8 Å². The molecule has 4 heteroatoms. The Morgan fingerprint density at radius 2 is 2.00 bits per heavy atom. The third kappa shape index (κ3) is 3.31. The summed E-state index contributed by atoms with van der Waals surface area (Å²) in [6, 6.07) is 6.88. The summed E-state index contributed by atoms with van der Waals surface area (Å²) in [4.78, 5) is 22.2. The summed E-state index contributed by atoms with van der Waals surface area (Å²) in [6.45, 7) is 3.61. The molecule has 0 amide bonds. The third-order valence-electron chi connectivity index (χ3n) is 2.37. The molecule has 0 bridgehead atoms. The van der Waals surface area contributed by atoms with E-state index in [4.69, 9.17) is 4.74 Å². The first-order chi connectivity index (χ1) is 8.01. The van der Waals surface area contributed by atoms with Crippen LogP contribution in [0.4, 0.5) is 0 Å². The largest absolute Gasteiger partial charge is 0.492 e. The molecule has 0 atom stereocenters. The lowest BCUT2D eigenvalue weighted by atomic mass is 9.95. The quantitative estimate of drug-likeness (QED) is 0.580. The number of methoxy groups -OCH3 is 1. The molecule has 0 aromatic heterocycles. The maximum atomic E-state index is 11.4. The maximum Gasteiger partial charge on any atom is 0.314 e. The lowest BCUT2D eigenvalue weighted by molar-refractivity contribution is -0.152. The van der Waals surface area contributed by atoms with Crippen molar-refractivity contribution >= 4 is 12.3 Å². The number of aldehydes is 1. The van der Waals surface area contributed by atoms with Gasteiger partial charge in [-0.2, -0.15) is 0 Å². The average molecular weight is 236 g/mol. The highest BCUT2D eigenvalue weighted by Crippen LogP contribution is 2.22. The Morgan fingerprint density at radius 1 is 1.35 bits per heavy atom. The third-order valence-corrected chi connectivity index (χ3v) is 2.37. The van der Waals surface area contributed by atoms with Crippen LogP contribution in [-0.4, -0.2) is 26.0 Å². The summed E-state index contributed by atoms with van der Waals surface area (Å²) in [5.74, 6) is 0.126. The molecule has 0 aliphatic heterocycles. The molecular weight excluding hydrogens is 220 g/mol. The van der Waals surface area contributed by atoms with Crippen LogP contribution in [0.2, 0.25) is 0 Å². The SMILES string of the molecule is COC(=O)C(C)(C)COc1ccccc1C=O. The zero-order valence-corrected chi connectivity index (χ0v) is 10.2. The summed E-state index contributed by atoms with van der Waals surface area (Å²) < 4.78 is 10.2. The van der Waals surface area contributed by atoms with E-state index in [1.807, 2.05) is 0 Å². The lowest BCUT2D eigenvalue weighted by Gasteiger charge is -2.22. The van der Waals surface area contributed by atoms with Gasteiger partial charge in [0.25, 0.3) is 0 Å². The topological polar surface area (TPSA) is 52.6 Å². The molecule has 0 unspecified atom stereocenters. The normalized spacial score (nSPS) is 10.8. The first-order valence-electron chi connectivity index (χ1n) is 5.26. The minimum absolute atomic E-state index is 0.157. The number of hydrogen-bond donors (Lipinski definition) is 0. The van der Waals surface area contributed by atoms with Gasteiger partial charge in [-0.15, -0.1) is 0 Å². The van der Waals surface area contributed by atoms with Crippen LogP contribution in [0.3, 0.4) is 0 Å². The van der Waals surface area contributed by atoms with Crippen molar-refractivity contribution in [2.24, 2.45) is 5.41 Å². The second-order valence-corrected chi connectivity index (χ2v) is 4.32. The minimum atomic E-state index is -0.745. The Bertz CT molecular complexity index is 410. The number of para-hydroxylation sites is 1. The molecular formula is C13H16O4. The molecule has 0 aliphatic rings. The summed E-state index contributed by atoms with van der Waals surface area (Å²) in [7, 11) is 1.34. The van der Waals surface area contributed by atoms with E-state index in [9.17, 15) is 9.59 Å². The number of benzene rings is 1. The average Bonchev–Trinajstić information content (AvgIpc) is 2.35. The standard InChI is InChI=1S/C13H16O4/c1-13(2,12(15)16-3)9-17-11-7-5-4-6-10(11)8-14/h4-8H,9H2,1-3H3. The van der Waals surface area contributed by atoms with Gasteiger partial charge in [-0.3, -0.25) is 9.59 Å². The van der Waals surface area contributed by atoms with Crippen molar-refractivity contribution in [3.05, 3.63) is 29.8 Å². The summed E-state index contributed by atoms with van der Waals surface area (Å²) in [6.07, 6.45) is 0.723. The van der Waals surface area contributed by atoms with Gasteiger partial charge in [0.2, 0.25) is 0 Å². The van der Waals surface area contributed by atoms with E-state index in [0.29, 0.717) is 11.3 Å². The Morgan fingerprint density at radius 3 is 2.59 bits per heavy atom. The molecule has 0 saturated carbocycles. The van der Waals surface area contributed by atoms with Crippen LogP contribution in [0.15, 0.2) is 24.3 Å². The fourth-order valence-electron chi connectivity index (χ4n) is 1.30. The fraction of sp³-hybridized carbons (Fsp3) is 0.385. The first kappa shape index (κ1) is 13.2. The van der Waals surface area contributed by atoms with Crippen LogP contribution >= 0.6 is 0 Å². The fourth-order valence-corrected chi connectivity index (χ4v) is 1.30. The zero-order chi connectivity index (χ0) is 12.9. The van der Waals surface area contributed by atoms with E-state index in [2.05, 4.69) is 4.74 Å². The Labute approximate surface area is 101 Å².